The van der Waals surface area contributed by atoms with E-state index >= 15 is 0 Å². The number of para-hydroxylation sites is 1. The monoisotopic (exact) mass is 515 g/mol. The number of ether oxygens (including phenoxy) is 2. The van der Waals surface area contributed by atoms with E-state index in [4.69, 9.17) is 15.2 Å². The Labute approximate surface area is 212 Å². The summed E-state index contributed by atoms with van der Waals surface area (Å²) in [7, 11) is -3.46. The van der Waals surface area contributed by atoms with E-state index in [2.05, 4.69) is 19.9 Å². The van der Waals surface area contributed by atoms with Crippen molar-refractivity contribution in [2.75, 3.05) is 5.75 Å². The molecule has 11 heteroatoms. The number of nitrogens with zero attached hydrogens (tertiary/aromatic N) is 3. The molecular weight excluding hydrogens is 494 g/mol. The van der Waals surface area contributed by atoms with Crippen LogP contribution in [0.3, 0.4) is 0 Å². The molecule has 0 atom stereocenters. The highest BCUT2D eigenvalue weighted by molar-refractivity contribution is 7.91. The molecule has 5 aromatic rings. The lowest BCUT2D eigenvalue weighted by Gasteiger charge is -2.14. The Bertz CT molecular complexity index is 1700. The second kappa shape index (κ2) is 9.70. The highest BCUT2D eigenvalue weighted by Crippen LogP contribution is 2.39. The average Bonchev–Trinajstić information content (AvgIpc) is 3.33. The number of carbonyl (C=O) groups is 1. The molecule has 3 aromatic heterocycles. The number of primary amides is 1. The Balaban J connectivity index is 1.58. The van der Waals surface area contributed by atoms with Gasteiger partial charge in [0.25, 0.3) is 5.91 Å². The average molecular weight is 516 g/mol. The van der Waals surface area contributed by atoms with E-state index < -0.39 is 15.7 Å². The van der Waals surface area contributed by atoms with Gasteiger partial charge in [-0.1, -0.05) is 25.1 Å². The lowest BCUT2D eigenvalue weighted by Crippen LogP contribution is -2.12. The normalized spacial score (nSPS) is 11.4. The third-order valence-corrected chi connectivity index (χ3v) is 7.10. The summed E-state index contributed by atoms with van der Waals surface area (Å²) in [5.74, 6) is 0.892. The van der Waals surface area contributed by atoms with Crippen molar-refractivity contribution in [3.05, 3.63) is 84.7 Å². The quantitative estimate of drug-likeness (QED) is 0.307. The summed E-state index contributed by atoms with van der Waals surface area (Å²) in [5, 5.41) is -0.0433. The van der Waals surface area contributed by atoms with E-state index in [1.807, 2.05) is 18.2 Å². The van der Waals surface area contributed by atoms with Crippen molar-refractivity contribution in [2.45, 2.75) is 11.9 Å². The smallest absolute Gasteiger partial charge is 0.252 e. The van der Waals surface area contributed by atoms with Gasteiger partial charge in [-0.15, -0.1) is 0 Å². The minimum atomic E-state index is -3.46. The number of amides is 1. The first kappa shape index (κ1) is 23.9. The van der Waals surface area contributed by atoms with Gasteiger partial charge in [-0.05, 0) is 36.4 Å². The number of hydrogen-bond donors (Lipinski definition) is 2. The maximum Gasteiger partial charge on any atom is 0.252 e. The van der Waals surface area contributed by atoms with Crippen LogP contribution in [0, 0.1) is 0 Å². The van der Waals surface area contributed by atoms with Crippen molar-refractivity contribution < 1.29 is 22.7 Å². The molecule has 3 heterocycles. The van der Waals surface area contributed by atoms with Crippen LogP contribution in [0.25, 0.3) is 22.6 Å². The van der Waals surface area contributed by atoms with Crippen LogP contribution in [0.5, 0.6) is 23.0 Å². The van der Waals surface area contributed by atoms with Crippen LogP contribution in [0.4, 0.5) is 0 Å². The summed E-state index contributed by atoms with van der Waals surface area (Å²) in [6.07, 6.45) is 2.99. The summed E-state index contributed by atoms with van der Waals surface area (Å²) in [4.78, 5) is 28.1. The maximum atomic E-state index is 12.1. The first-order valence-corrected chi connectivity index (χ1v) is 12.9. The standard InChI is InChI=1S/C26H21N5O5S/c1-2-37(33,34)24-11-10-16(15-29-24)35-22-13-19-20(31-26(30-19)18-8-5-6-12-28-18)14-23(22)36-21-9-4-3-7-17(21)25(27)32/h3-15H,2H2,1H3,(H2,27,32)(H,30,31). The number of imidazole rings is 1. The minimum absolute atomic E-state index is 0.0433. The zero-order valence-electron chi connectivity index (χ0n) is 19.6. The Morgan fingerprint density at radius 2 is 1.73 bits per heavy atom. The molecule has 0 saturated carbocycles. The van der Waals surface area contributed by atoms with E-state index in [9.17, 15) is 13.2 Å². The van der Waals surface area contributed by atoms with Crippen LogP contribution in [-0.2, 0) is 9.84 Å². The summed E-state index contributed by atoms with van der Waals surface area (Å²) in [6.45, 7) is 1.55. The van der Waals surface area contributed by atoms with Gasteiger partial charge in [0.15, 0.2) is 32.2 Å². The summed E-state index contributed by atoms with van der Waals surface area (Å²) in [5.41, 5.74) is 7.58. The number of pyridine rings is 2. The number of nitrogens with one attached hydrogen (secondary N) is 1. The van der Waals surface area contributed by atoms with Crippen LogP contribution in [-0.4, -0.2) is 40.0 Å². The van der Waals surface area contributed by atoms with Crippen LogP contribution in [0.2, 0.25) is 0 Å². The molecule has 3 N–H and O–H groups in total. The fourth-order valence-electron chi connectivity index (χ4n) is 3.57. The van der Waals surface area contributed by atoms with Gasteiger partial charge < -0.3 is 20.2 Å². The predicted octanol–water partition coefficient (Wildman–Crippen LogP) is 4.50. The Hall–Kier alpha value is -4.77. The Morgan fingerprint density at radius 1 is 0.946 bits per heavy atom. The number of sulfone groups is 1. The predicted molar refractivity (Wildman–Crippen MR) is 136 cm³/mol. The van der Waals surface area contributed by atoms with Gasteiger partial charge in [-0.3, -0.25) is 9.78 Å². The summed E-state index contributed by atoms with van der Waals surface area (Å²) in [6, 6.07) is 18.3. The number of benzene rings is 2. The highest BCUT2D eigenvalue weighted by atomic mass is 32.2. The molecule has 0 aliphatic rings. The van der Waals surface area contributed by atoms with Crippen molar-refractivity contribution in [1.29, 1.82) is 0 Å². The van der Waals surface area contributed by atoms with Gasteiger partial charge >= 0.3 is 0 Å². The number of nitrogens with two attached hydrogens (primary N) is 1. The lowest BCUT2D eigenvalue weighted by atomic mass is 10.2. The fourth-order valence-corrected chi connectivity index (χ4v) is 4.35. The van der Waals surface area contributed by atoms with E-state index in [-0.39, 0.29) is 39.3 Å². The fraction of sp³-hybridized carbons (Fsp3) is 0.0769. The minimum Gasteiger partial charge on any atom is -0.453 e. The second-order valence-electron chi connectivity index (χ2n) is 7.92. The molecule has 10 nitrogen and oxygen atoms in total. The third-order valence-electron chi connectivity index (χ3n) is 5.46. The van der Waals surface area contributed by atoms with Gasteiger partial charge in [0.2, 0.25) is 0 Å². The molecule has 5 rings (SSSR count). The molecular formula is C26H21N5O5S. The van der Waals surface area contributed by atoms with E-state index in [1.54, 1.807) is 49.5 Å². The topological polar surface area (TPSA) is 150 Å². The van der Waals surface area contributed by atoms with Crippen molar-refractivity contribution in [3.63, 3.8) is 0 Å². The van der Waals surface area contributed by atoms with Crippen molar-refractivity contribution in [2.24, 2.45) is 5.73 Å². The molecule has 186 valence electrons. The summed E-state index contributed by atoms with van der Waals surface area (Å²) >= 11 is 0. The number of fused-ring (bicyclic) bond motifs is 1. The number of aromatic nitrogens is 4. The van der Waals surface area contributed by atoms with Crippen LogP contribution < -0.4 is 15.2 Å². The molecule has 0 radical (unpaired) electrons. The van der Waals surface area contributed by atoms with E-state index in [1.165, 1.54) is 18.3 Å². The third kappa shape index (κ3) is 4.98. The second-order valence-corrected chi connectivity index (χ2v) is 10.1. The Morgan fingerprint density at radius 3 is 2.43 bits per heavy atom. The van der Waals surface area contributed by atoms with Gasteiger partial charge in [-0.2, -0.15) is 0 Å². The zero-order valence-corrected chi connectivity index (χ0v) is 20.4. The van der Waals surface area contributed by atoms with Crippen LogP contribution >= 0.6 is 0 Å². The maximum absolute atomic E-state index is 12.1. The molecule has 0 saturated heterocycles. The molecule has 0 fully saturated rings. The Kier molecular flexibility index (Phi) is 6.28. The first-order valence-electron chi connectivity index (χ1n) is 11.2. The zero-order chi connectivity index (χ0) is 26.0. The number of aromatic amines is 1. The first-order chi connectivity index (χ1) is 17.8. The van der Waals surface area contributed by atoms with Crippen molar-refractivity contribution in [3.8, 4) is 34.5 Å². The molecule has 37 heavy (non-hydrogen) atoms. The molecule has 0 spiro atoms. The van der Waals surface area contributed by atoms with Gasteiger partial charge in [0.1, 0.15) is 17.2 Å². The molecule has 0 unspecified atom stereocenters. The molecule has 1 amide bonds. The van der Waals surface area contributed by atoms with E-state index in [0.717, 1.165) is 0 Å². The highest BCUT2D eigenvalue weighted by Gasteiger charge is 2.18. The molecule has 0 bridgehead atoms. The molecule has 0 aliphatic heterocycles. The van der Waals surface area contributed by atoms with Crippen molar-refractivity contribution in [1.82, 2.24) is 19.9 Å². The number of carbonyl (C=O) groups excluding carboxylic acids is 1. The summed E-state index contributed by atoms with van der Waals surface area (Å²) < 4.78 is 36.3. The van der Waals surface area contributed by atoms with Crippen LogP contribution in [0.15, 0.2) is 84.1 Å². The molecule has 0 aliphatic carbocycles. The van der Waals surface area contributed by atoms with Crippen molar-refractivity contribution >= 4 is 26.8 Å². The number of hydrogen-bond acceptors (Lipinski definition) is 8. The lowest BCUT2D eigenvalue weighted by molar-refractivity contribution is 0.0998. The largest absolute Gasteiger partial charge is 0.453 e. The number of H-pyrrole nitrogens is 1. The van der Waals surface area contributed by atoms with Gasteiger partial charge in [-0.25, -0.2) is 18.4 Å². The SMILES string of the molecule is CCS(=O)(=O)c1ccc(Oc2cc3[nH]c(-c4ccccn4)nc3cc2Oc2ccccc2C(N)=O)cn1. The van der Waals surface area contributed by atoms with E-state index in [0.29, 0.717) is 22.6 Å². The van der Waals surface area contributed by atoms with Crippen LogP contribution in [0.1, 0.15) is 17.3 Å². The molecule has 2 aromatic carbocycles. The number of rotatable bonds is 8. The van der Waals surface area contributed by atoms with Gasteiger partial charge in [0, 0.05) is 18.3 Å². The van der Waals surface area contributed by atoms with Gasteiger partial charge in [0.05, 0.1) is 28.5 Å².